The summed E-state index contributed by atoms with van der Waals surface area (Å²) in [5.74, 6) is 0.0287. The van der Waals surface area contributed by atoms with Crippen LogP contribution in [0, 0.1) is 6.92 Å². The van der Waals surface area contributed by atoms with E-state index in [2.05, 4.69) is 6.92 Å². The van der Waals surface area contributed by atoms with Gasteiger partial charge in [-0.3, -0.25) is 14.5 Å². The average Bonchev–Trinajstić information content (AvgIpc) is 3.66. The molecule has 4 aromatic rings. The zero-order chi connectivity index (χ0) is 30.2. The monoisotopic (exact) mass is 598 g/mol. The zero-order valence-electron chi connectivity index (χ0n) is 24.7. The van der Waals surface area contributed by atoms with Gasteiger partial charge in [-0.05, 0) is 79.4 Å². The van der Waals surface area contributed by atoms with Crippen molar-refractivity contribution in [1.29, 1.82) is 0 Å². The number of carbonyl (C=O) groups is 2. The summed E-state index contributed by atoms with van der Waals surface area (Å²) in [5.41, 5.74) is 3.76. The van der Waals surface area contributed by atoms with E-state index in [1.54, 1.807) is 31.4 Å². The number of Topliss-reactive ketones (excluding diaryl/α,β-unsaturated/α-hetero) is 1. The number of nitrogens with zero attached hydrogens (tertiary/aromatic N) is 2. The van der Waals surface area contributed by atoms with E-state index >= 15 is 0 Å². The van der Waals surface area contributed by atoms with Crippen molar-refractivity contribution in [2.24, 2.45) is 0 Å². The van der Waals surface area contributed by atoms with E-state index in [0.29, 0.717) is 40.8 Å². The number of ether oxygens (including phenoxy) is 3. The van der Waals surface area contributed by atoms with Crippen LogP contribution in [-0.4, -0.2) is 41.6 Å². The van der Waals surface area contributed by atoms with Crippen molar-refractivity contribution in [3.63, 3.8) is 0 Å². The third-order valence-electron chi connectivity index (χ3n) is 7.86. The molecule has 1 aromatic heterocycles. The molecule has 2 aliphatic heterocycles. The lowest BCUT2D eigenvalue weighted by atomic mass is 9.94. The fourth-order valence-corrected chi connectivity index (χ4v) is 6.79. The number of aliphatic hydroxyl groups is 1. The minimum Gasteiger partial charge on any atom is -0.507 e. The van der Waals surface area contributed by atoms with Gasteiger partial charge in [0.05, 0.1) is 35.5 Å². The summed E-state index contributed by atoms with van der Waals surface area (Å²) in [7, 11) is 1.55. The first-order valence-corrected chi connectivity index (χ1v) is 15.4. The summed E-state index contributed by atoms with van der Waals surface area (Å²) in [6.07, 6.45) is 3.78. The molecule has 0 saturated carbocycles. The van der Waals surface area contributed by atoms with Crippen molar-refractivity contribution in [1.82, 2.24) is 4.98 Å². The molecule has 2 aliphatic rings. The summed E-state index contributed by atoms with van der Waals surface area (Å²) in [6.45, 7) is 6.66. The number of amides is 1. The number of fused-ring (bicyclic) bond motifs is 2. The summed E-state index contributed by atoms with van der Waals surface area (Å²) in [5, 5.41) is 12.1. The standard InChI is InChI=1S/C34H34N2O6S/c1-5-6-7-14-41-26-13-9-21(18-27(26)40-4)30-29(31(37)22-10-12-25-23(17-22)16-20(3)42-25)32(38)33(39)36(30)34-35-24-11-8-19(2)15-28(24)43-34/h8-13,15,17-18,20,30,37H,5-7,14,16H2,1-4H3/t20-,30+/m0/s1. The number of carbonyl (C=O) groups excluding carboxylic acids is 2. The average molecular weight is 599 g/mol. The topological polar surface area (TPSA) is 98.2 Å². The number of methoxy groups -OCH3 is 1. The first kappa shape index (κ1) is 28.7. The number of hydrogen-bond acceptors (Lipinski definition) is 8. The number of ketones is 1. The minimum absolute atomic E-state index is 0.00832. The highest BCUT2D eigenvalue weighted by molar-refractivity contribution is 7.22. The molecule has 6 rings (SSSR count). The predicted molar refractivity (Wildman–Crippen MR) is 167 cm³/mol. The van der Waals surface area contributed by atoms with Gasteiger partial charge in [0.1, 0.15) is 17.6 Å². The van der Waals surface area contributed by atoms with Crippen LogP contribution in [0.25, 0.3) is 16.0 Å². The van der Waals surface area contributed by atoms with Gasteiger partial charge in [-0.2, -0.15) is 0 Å². The zero-order valence-corrected chi connectivity index (χ0v) is 25.5. The van der Waals surface area contributed by atoms with Gasteiger partial charge in [0, 0.05) is 12.0 Å². The number of rotatable bonds is 9. The molecule has 1 saturated heterocycles. The molecule has 0 bridgehead atoms. The van der Waals surface area contributed by atoms with Crippen LogP contribution in [0.1, 0.15) is 61.4 Å². The smallest absolute Gasteiger partial charge is 0.301 e. The van der Waals surface area contributed by atoms with Gasteiger partial charge in [-0.1, -0.05) is 43.2 Å². The van der Waals surface area contributed by atoms with Crippen LogP contribution in [-0.2, 0) is 16.0 Å². The van der Waals surface area contributed by atoms with E-state index in [-0.39, 0.29) is 17.4 Å². The Morgan fingerprint density at radius 1 is 1.09 bits per heavy atom. The van der Waals surface area contributed by atoms with Gasteiger partial charge >= 0.3 is 5.91 Å². The molecule has 0 spiro atoms. The third kappa shape index (κ3) is 5.33. The quantitative estimate of drug-likeness (QED) is 0.0947. The molecule has 0 aliphatic carbocycles. The second-order valence-corrected chi connectivity index (χ2v) is 12.1. The normalized spacial score (nSPS) is 19.1. The molecule has 1 N–H and O–H groups in total. The summed E-state index contributed by atoms with van der Waals surface area (Å²) in [6, 6.07) is 15.6. The Bertz CT molecular complexity index is 1760. The van der Waals surface area contributed by atoms with E-state index < -0.39 is 17.7 Å². The van der Waals surface area contributed by atoms with Gasteiger partial charge in [-0.15, -0.1) is 0 Å². The fraction of sp³-hybridized carbons (Fsp3) is 0.324. The summed E-state index contributed by atoms with van der Waals surface area (Å²) < 4.78 is 18.4. The van der Waals surface area contributed by atoms with Crippen LogP contribution in [0.15, 0.2) is 60.2 Å². The Labute approximate surface area is 254 Å². The highest BCUT2D eigenvalue weighted by Crippen LogP contribution is 2.46. The number of aryl methyl sites for hydroxylation is 1. The molecule has 2 atom stereocenters. The minimum atomic E-state index is -0.937. The molecule has 3 heterocycles. The Morgan fingerprint density at radius 2 is 1.93 bits per heavy atom. The number of unbranched alkanes of at least 4 members (excludes halogenated alkanes) is 2. The van der Waals surface area contributed by atoms with Gasteiger partial charge < -0.3 is 19.3 Å². The Balaban J connectivity index is 1.48. The maximum absolute atomic E-state index is 13.8. The van der Waals surface area contributed by atoms with E-state index in [9.17, 15) is 14.7 Å². The van der Waals surface area contributed by atoms with E-state index in [4.69, 9.17) is 19.2 Å². The second-order valence-electron chi connectivity index (χ2n) is 11.1. The maximum atomic E-state index is 13.8. The molecule has 1 fully saturated rings. The number of hydrogen-bond donors (Lipinski definition) is 1. The van der Waals surface area contributed by atoms with Gasteiger partial charge in [0.2, 0.25) is 0 Å². The Hall–Kier alpha value is -4.37. The fourth-order valence-electron chi connectivity index (χ4n) is 5.70. The van der Waals surface area contributed by atoms with Crippen LogP contribution in [0.3, 0.4) is 0 Å². The Kier molecular flexibility index (Phi) is 7.83. The summed E-state index contributed by atoms with van der Waals surface area (Å²) >= 11 is 1.33. The molecule has 222 valence electrons. The SMILES string of the molecule is CCCCCOc1ccc([C@@H]2C(=C(O)c3ccc4c(c3)C[C@H](C)O4)C(=O)C(=O)N2c2nc3ccc(C)cc3s2)cc1OC. The number of benzene rings is 3. The molecule has 43 heavy (non-hydrogen) atoms. The molecule has 8 nitrogen and oxygen atoms in total. The first-order valence-electron chi connectivity index (χ1n) is 14.6. The molecular formula is C34H34N2O6S. The molecule has 1 amide bonds. The number of aromatic nitrogens is 1. The lowest BCUT2D eigenvalue weighted by Gasteiger charge is -2.24. The molecule has 9 heteroatoms. The largest absolute Gasteiger partial charge is 0.507 e. The number of aliphatic hydroxyl groups excluding tert-OH is 1. The first-order chi connectivity index (χ1) is 20.8. The molecule has 3 aromatic carbocycles. The van der Waals surface area contributed by atoms with Crippen molar-refractivity contribution in [3.05, 3.63) is 82.4 Å². The molecular weight excluding hydrogens is 564 g/mol. The van der Waals surface area contributed by atoms with E-state index in [1.165, 1.54) is 16.2 Å². The highest BCUT2D eigenvalue weighted by Gasteiger charge is 2.48. The maximum Gasteiger partial charge on any atom is 0.301 e. The van der Waals surface area contributed by atoms with Crippen LogP contribution in [0.4, 0.5) is 5.13 Å². The van der Waals surface area contributed by atoms with Gasteiger partial charge in [0.15, 0.2) is 16.6 Å². The van der Waals surface area contributed by atoms with Crippen molar-refractivity contribution in [3.8, 4) is 17.2 Å². The van der Waals surface area contributed by atoms with Crippen LogP contribution in [0.2, 0.25) is 0 Å². The van der Waals surface area contributed by atoms with Crippen LogP contribution < -0.4 is 19.1 Å². The lowest BCUT2D eigenvalue weighted by molar-refractivity contribution is -0.132. The highest BCUT2D eigenvalue weighted by atomic mass is 32.1. The summed E-state index contributed by atoms with van der Waals surface area (Å²) in [4.78, 5) is 33.6. The Morgan fingerprint density at radius 3 is 2.72 bits per heavy atom. The molecule has 0 unspecified atom stereocenters. The number of thiazole rings is 1. The predicted octanol–water partition coefficient (Wildman–Crippen LogP) is 7.13. The van der Waals surface area contributed by atoms with Crippen LogP contribution in [0.5, 0.6) is 17.2 Å². The van der Waals surface area contributed by atoms with Crippen molar-refractivity contribution in [2.45, 2.75) is 58.6 Å². The van der Waals surface area contributed by atoms with Crippen LogP contribution >= 0.6 is 11.3 Å². The van der Waals surface area contributed by atoms with E-state index in [1.807, 2.05) is 44.2 Å². The number of anilines is 1. The van der Waals surface area contributed by atoms with Gasteiger partial charge in [0.25, 0.3) is 5.78 Å². The van der Waals surface area contributed by atoms with Crippen molar-refractivity contribution < 1.29 is 28.9 Å². The second kappa shape index (κ2) is 11.7. The van der Waals surface area contributed by atoms with Crippen molar-refractivity contribution >= 4 is 44.1 Å². The molecule has 0 radical (unpaired) electrons. The van der Waals surface area contributed by atoms with E-state index in [0.717, 1.165) is 46.4 Å². The van der Waals surface area contributed by atoms with Crippen molar-refractivity contribution in [2.75, 3.05) is 18.6 Å². The van der Waals surface area contributed by atoms with Gasteiger partial charge in [-0.25, -0.2) is 4.98 Å². The third-order valence-corrected chi connectivity index (χ3v) is 8.88. The lowest BCUT2D eigenvalue weighted by Crippen LogP contribution is -2.29.